The molecule has 1 heterocycles. The van der Waals surface area contributed by atoms with Crippen molar-refractivity contribution < 1.29 is 24.9 Å². The van der Waals surface area contributed by atoms with Gasteiger partial charge in [0, 0.05) is 61.8 Å². The van der Waals surface area contributed by atoms with Crippen LogP contribution in [-0.2, 0) is 21.6 Å². The first-order chi connectivity index (χ1) is 19.8. The predicted molar refractivity (Wildman–Crippen MR) is 163 cm³/mol. The van der Waals surface area contributed by atoms with E-state index >= 15 is 0 Å². The van der Waals surface area contributed by atoms with Crippen LogP contribution in [0.25, 0.3) is 11.1 Å². The Kier molecular flexibility index (Phi) is 11.6. The molecule has 7 nitrogen and oxygen atoms in total. The Hall–Kier alpha value is -2.00. The van der Waals surface area contributed by atoms with Crippen molar-refractivity contribution in [2.75, 3.05) is 40.0 Å². The first kappa shape index (κ1) is 31.9. The van der Waals surface area contributed by atoms with E-state index in [9.17, 15) is 15.0 Å². The van der Waals surface area contributed by atoms with Crippen LogP contribution >= 0.6 is 11.6 Å². The lowest BCUT2D eigenvalue weighted by atomic mass is 9.72. The first-order valence-electron chi connectivity index (χ1n) is 15.2. The molecule has 2 fully saturated rings. The van der Waals surface area contributed by atoms with Crippen molar-refractivity contribution >= 4 is 17.5 Å². The highest BCUT2D eigenvalue weighted by Gasteiger charge is 2.45. The lowest BCUT2D eigenvalue weighted by Gasteiger charge is -2.44. The lowest BCUT2D eigenvalue weighted by molar-refractivity contribution is -0.141. The van der Waals surface area contributed by atoms with E-state index in [2.05, 4.69) is 30.4 Å². The number of benzene rings is 2. The molecule has 41 heavy (non-hydrogen) atoms. The van der Waals surface area contributed by atoms with Crippen molar-refractivity contribution in [3.05, 3.63) is 58.6 Å². The molecule has 4 rings (SSSR count). The van der Waals surface area contributed by atoms with Crippen molar-refractivity contribution in [1.82, 2.24) is 10.2 Å². The first-order valence-corrected chi connectivity index (χ1v) is 15.6. The standard InChI is InChI=1S/C33H47ClN2O5/c1-3-23-9-6-10-24(19-23)31-27(12-7-13-28(31)34)33(40,14-4-5-18-41-2)26-11-8-16-36(22-26)32(39)25-20-29(30(38)21-25)35-15-17-37/h6-7,9-10,12-13,19,25-26,29-30,35,37-38,40H,3-5,8,11,14-18,20-22H2,1-2H3/t25-,26+,29+,30-,33?/m0/s1. The minimum Gasteiger partial charge on any atom is -0.395 e. The lowest BCUT2D eigenvalue weighted by Crippen LogP contribution is -2.49. The van der Waals surface area contributed by atoms with Gasteiger partial charge < -0.3 is 30.3 Å². The smallest absolute Gasteiger partial charge is 0.225 e. The number of unbranched alkanes of at least 4 members (excludes halogenated alkanes) is 1. The van der Waals surface area contributed by atoms with E-state index in [-0.39, 0.29) is 30.4 Å². The zero-order chi connectivity index (χ0) is 29.4. The van der Waals surface area contributed by atoms with Gasteiger partial charge >= 0.3 is 0 Å². The minimum atomic E-state index is -1.18. The molecule has 2 aromatic rings. The van der Waals surface area contributed by atoms with Gasteiger partial charge in [0.2, 0.25) is 5.91 Å². The Morgan fingerprint density at radius 3 is 2.76 bits per heavy atom. The topological polar surface area (TPSA) is 102 Å². The Bertz CT molecular complexity index is 1150. The molecule has 4 N–H and O–H groups in total. The summed E-state index contributed by atoms with van der Waals surface area (Å²) in [6, 6.07) is 14.0. The molecule has 0 bridgehead atoms. The molecular weight excluding hydrogens is 540 g/mol. The summed E-state index contributed by atoms with van der Waals surface area (Å²) in [6.07, 6.45) is 5.02. The third-order valence-corrected chi connectivity index (χ3v) is 9.38. The molecule has 226 valence electrons. The molecule has 1 saturated heterocycles. The highest BCUT2D eigenvalue weighted by molar-refractivity contribution is 6.33. The summed E-state index contributed by atoms with van der Waals surface area (Å²) >= 11 is 6.88. The minimum absolute atomic E-state index is 0.00711. The number of amides is 1. The van der Waals surface area contributed by atoms with E-state index in [4.69, 9.17) is 21.4 Å². The van der Waals surface area contributed by atoms with Crippen LogP contribution in [0.5, 0.6) is 0 Å². The van der Waals surface area contributed by atoms with E-state index in [0.29, 0.717) is 50.5 Å². The zero-order valence-electron chi connectivity index (χ0n) is 24.5. The predicted octanol–water partition coefficient (Wildman–Crippen LogP) is 4.53. The third kappa shape index (κ3) is 7.51. The summed E-state index contributed by atoms with van der Waals surface area (Å²) in [6.45, 7) is 4.25. The summed E-state index contributed by atoms with van der Waals surface area (Å²) in [5.41, 5.74) is 2.69. The normalized spacial score (nSPS) is 24.4. The highest BCUT2D eigenvalue weighted by atomic mass is 35.5. The number of methoxy groups -OCH3 is 1. The molecule has 0 spiro atoms. The van der Waals surface area contributed by atoms with Gasteiger partial charge in [0.1, 0.15) is 0 Å². The van der Waals surface area contributed by atoms with Crippen LogP contribution in [-0.4, -0.2) is 78.2 Å². The third-order valence-electron chi connectivity index (χ3n) is 9.07. The van der Waals surface area contributed by atoms with Gasteiger partial charge in [0.05, 0.1) is 18.3 Å². The molecule has 8 heteroatoms. The van der Waals surface area contributed by atoms with Crippen molar-refractivity contribution in [2.45, 2.75) is 76.0 Å². The monoisotopic (exact) mass is 586 g/mol. The molecule has 1 aliphatic carbocycles. The molecule has 1 aliphatic heterocycles. The van der Waals surface area contributed by atoms with E-state index in [1.807, 2.05) is 29.2 Å². The summed E-state index contributed by atoms with van der Waals surface area (Å²) in [4.78, 5) is 15.6. The van der Waals surface area contributed by atoms with Gasteiger partial charge in [-0.2, -0.15) is 0 Å². The molecule has 1 saturated carbocycles. The number of hydrogen-bond donors (Lipinski definition) is 4. The summed E-state index contributed by atoms with van der Waals surface area (Å²) in [7, 11) is 1.69. The van der Waals surface area contributed by atoms with Gasteiger partial charge in [-0.15, -0.1) is 0 Å². The average Bonchev–Trinajstić information content (AvgIpc) is 3.37. The van der Waals surface area contributed by atoms with Gasteiger partial charge in [0.25, 0.3) is 0 Å². The van der Waals surface area contributed by atoms with Gasteiger partial charge in [-0.25, -0.2) is 0 Å². The summed E-state index contributed by atoms with van der Waals surface area (Å²) < 4.78 is 5.30. The van der Waals surface area contributed by atoms with Crippen LogP contribution < -0.4 is 5.32 Å². The SMILES string of the molecule is CCc1cccc(-c2c(Cl)cccc2C(O)(CCCCOC)[C@@H]2CCCN(C(=O)[C@@H]3C[C@H](O)[C@H](NCCO)C3)C2)c1. The number of halogens is 1. The van der Waals surface area contributed by atoms with Crippen molar-refractivity contribution in [3.63, 3.8) is 0 Å². The Labute approximate surface area is 249 Å². The summed E-state index contributed by atoms with van der Waals surface area (Å²) in [5.74, 6) is -0.386. The van der Waals surface area contributed by atoms with Crippen LogP contribution in [0.2, 0.25) is 5.02 Å². The molecule has 0 radical (unpaired) electrons. The molecule has 0 aromatic heterocycles. The number of aliphatic hydroxyl groups excluding tert-OH is 2. The second kappa shape index (κ2) is 14.9. The van der Waals surface area contributed by atoms with Crippen LogP contribution in [0.3, 0.4) is 0 Å². The molecular formula is C33H47ClN2O5. The van der Waals surface area contributed by atoms with Crippen LogP contribution in [0, 0.1) is 11.8 Å². The Balaban J connectivity index is 1.63. The van der Waals surface area contributed by atoms with Crippen molar-refractivity contribution in [1.29, 1.82) is 0 Å². The van der Waals surface area contributed by atoms with Gasteiger partial charge in [0.15, 0.2) is 0 Å². The molecule has 2 aromatic carbocycles. The number of rotatable bonds is 13. The number of piperidine rings is 1. The van der Waals surface area contributed by atoms with Crippen molar-refractivity contribution in [3.8, 4) is 11.1 Å². The fourth-order valence-corrected chi connectivity index (χ4v) is 7.12. The number of carbonyl (C=O) groups excluding carboxylic acids is 1. The van der Waals surface area contributed by atoms with E-state index < -0.39 is 11.7 Å². The quantitative estimate of drug-likeness (QED) is 0.257. The number of aliphatic hydroxyl groups is 3. The number of ether oxygens (including phenoxy) is 1. The number of nitrogens with zero attached hydrogens (tertiary/aromatic N) is 1. The molecule has 2 aliphatic rings. The fraction of sp³-hybridized carbons (Fsp3) is 0.606. The number of hydrogen-bond acceptors (Lipinski definition) is 6. The van der Waals surface area contributed by atoms with Gasteiger partial charge in [-0.3, -0.25) is 4.79 Å². The van der Waals surface area contributed by atoms with E-state index in [1.165, 1.54) is 5.56 Å². The molecule has 1 amide bonds. The molecule has 5 atom stereocenters. The van der Waals surface area contributed by atoms with Crippen LogP contribution in [0.1, 0.15) is 63.0 Å². The molecule has 1 unspecified atom stereocenters. The zero-order valence-corrected chi connectivity index (χ0v) is 25.3. The number of carbonyl (C=O) groups is 1. The Morgan fingerprint density at radius 2 is 2.00 bits per heavy atom. The second-order valence-corrected chi connectivity index (χ2v) is 12.1. The average molecular weight is 587 g/mol. The van der Waals surface area contributed by atoms with E-state index in [0.717, 1.165) is 48.8 Å². The second-order valence-electron chi connectivity index (χ2n) is 11.7. The van der Waals surface area contributed by atoms with Crippen LogP contribution in [0.4, 0.5) is 0 Å². The van der Waals surface area contributed by atoms with Crippen molar-refractivity contribution in [2.24, 2.45) is 11.8 Å². The number of nitrogens with one attached hydrogen (secondary N) is 1. The number of likely N-dealkylation sites (tertiary alicyclic amines) is 1. The van der Waals surface area contributed by atoms with Gasteiger partial charge in [-0.05, 0) is 74.1 Å². The maximum absolute atomic E-state index is 13.7. The van der Waals surface area contributed by atoms with Gasteiger partial charge in [-0.1, -0.05) is 54.9 Å². The van der Waals surface area contributed by atoms with E-state index in [1.54, 1.807) is 7.11 Å². The number of aryl methyl sites for hydroxylation is 1. The highest BCUT2D eigenvalue weighted by Crippen LogP contribution is 2.46. The van der Waals surface area contributed by atoms with Crippen LogP contribution in [0.15, 0.2) is 42.5 Å². The summed E-state index contributed by atoms with van der Waals surface area (Å²) in [5, 5.41) is 36.2. The Morgan fingerprint density at radius 1 is 1.20 bits per heavy atom. The maximum Gasteiger partial charge on any atom is 0.225 e. The largest absolute Gasteiger partial charge is 0.395 e. The maximum atomic E-state index is 13.7. The fourth-order valence-electron chi connectivity index (χ4n) is 6.84.